The first kappa shape index (κ1) is 11.4. The summed E-state index contributed by atoms with van der Waals surface area (Å²) in [6.07, 6.45) is 4.12. The van der Waals surface area contributed by atoms with E-state index in [0.29, 0.717) is 21.4 Å². The Labute approximate surface area is 103 Å². The molecule has 2 heterocycles. The Hall–Kier alpha value is -1.06. The van der Waals surface area contributed by atoms with E-state index in [2.05, 4.69) is 4.98 Å². The van der Waals surface area contributed by atoms with Crippen LogP contribution in [0, 0.1) is 0 Å². The van der Waals surface area contributed by atoms with Crippen LogP contribution in [0.3, 0.4) is 0 Å². The highest BCUT2D eigenvalue weighted by Crippen LogP contribution is 2.24. The van der Waals surface area contributed by atoms with Gasteiger partial charge in [0.25, 0.3) is 0 Å². The topological polar surface area (TPSA) is 34.4 Å². The Balaban J connectivity index is 2.76. The van der Waals surface area contributed by atoms with Crippen molar-refractivity contribution in [1.29, 1.82) is 0 Å². The van der Waals surface area contributed by atoms with Gasteiger partial charge in [-0.3, -0.25) is 9.20 Å². The van der Waals surface area contributed by atoms with Crippen LogP contribution in [0.15, 0.2) is 12.3 Å². The molecule has 0 aliphatic rings. The molecule has 0 saturated carbocycles. The monoisotopic (exact) mass is 256 g/mol. The first-order valence-electron chi connectivity index (χ1n) is 4.98. The van der Waals surface area contributed by atoms with Crippen molar-refractivity contribution in [3.63, 3.8) is 0 Å². The summed E-state index contributed by atoms with van der Waals surface area (Å²) in [6.45, 7) is 2.03. The number of nitrogens with zero attached hydrogens (tertiary/aromatic N) is 2. The van der Waals surface area contributed by atoms with E-state index in [1.165, 1.54) is 0 Å². The summed E-state index contributed by atoms with van der Waals surface area (Å²) < 4.78 is 1.64. The number of aromatic nitrogens is 2. The third-order valence-corrected chi connectivity index (χ3v) is 2.84. The fourth-order valence-corrected chi connectivity index (χ4v) is 2.20. The molecule has 3 nitrogen and oxygen atoms in total. The van der Waals surface area contributed by atoms with Gasteiger partial charge in [0.05, 0.1) is 15.7 Å². The average molecular weight is 257 g/mol. The van der Waals surface area contributed by atoms with Crippen LogP contribution in [0.1, 0.15) is 29.5 Å². The molecule has 0 aromatic carbocycles. The van der Waals surface area contributed by atoms with Crippen LogP contribution in [0.25, 0.3) is 5.65 Å². The van der Waals surface area contributed by atoms with Crippen molar-refractivity contribution in [3.05, 3.63) is 33.7 Å². The Morgan fingerprint density at radius 3 is 2.88 bits per heavy atom. The van der Waals surface area contributed by atoms with Crippen LogP contribution in [0.5, 0.6) is 0 Å². The molecule has 0 bridgehead atoms. The number of hydrogen-bond donors (Lipinski definition) is 0. The smallest absolute Gasteiger partial charge is 0.168 e. The van der Waals surface area contributed by atoms with Crippen molar-refractivity contribution in [2.24, 2.45) is 0 Å². The number of rotatable bonds is 3. The maximum absolute atomic E-state index is 11.1. The molecule has 0 unspecified atom stereocenters. The van der Waals surface area contributed by atoms with E-state index in [4.69, 9.17) is 23.2 Å². The van der Waals surface area contributed by atoms with Crippen LogP contribution in [0.4, 0.5) is 0 Å². The first-order valence-corrected chi connectivity index (χ1v) is 5.74. The summed E-state index contributed by atoms with van der Waals surface area (Å²) in [4.78, 5) is 15.4. The minimum Gasteiger partial charge on any atom is -0.296 e. The van der Waals surface area contributed by atoms with Crippen molar-refractivity contribution >= 4 is 35.1 Å². The van der Waals surface area contributed by atoms with Gasteiger partial charge in [-0.25, -0.2) is 4.98 Å². The third-order valence-electron chi connectivity index (χ3n) is 2.35. The minimum atomic E-state index is 0.456. The van der Waals surface area contributed by atoms with Crippen molar-refractivity contribution in [2.75, 3.05) is 0 Å². The largest absolute Gasteiger partial charge is 0.296 e. The molecule has 0 amide bonds. The number of halogens is 2. The Morgan fingerprint density at radius 2 is 2.25 bits per heavy atom. The minimum absolute atomic E-state index is 0.456. The number of aldehydes is 1. The molecular weight excluding hydrogens is 247 g/mol. The molecule has 0 radical (unpaired) electrons. The molecule has 0 saturated heterocycles. The van der Waals surface area contributed by atoms with Gasteiger partial charge >= 0.3 is 0 Å². The second kappa shape index (κ2) is 4.44. The summed E-state index contributed by atoms with van der Waals surface area (Å²) in [5, 5.41) is 0.944. The maximum Gasteiger partial charge on any atom is 0.168 e. The van der Waals surface area contributed by atoms with E-state index in [1.54, 1.807) is 16.7 Å². The van der Waals surface area contributed by atoms with E-state index in [0.717, 1.165) is 24.8 Å². The van der Waals surface area contributed by atoms with E-state index >= 15 is 0 Å². The molecular formula is C11H10Cl2N2O. The molecule has 0 spiro atoms. The predicted molar refractivity (Wildman–Crippen MR) is 64.6 cm³/mol. The van der Waals surface area contributed by atoms with Gasteiger partial charge < -0.3 is 0 Å². The highest BCUT2D eigenvalue weighted by atomic mass is 35.5. The number of aryl methyl sites for hydroxylation is 1. The van der Waals surface area contributed by atoms with Gasteiger partial charge in [-0.2, -0.15) is 0 Å². The lowest BCUT2D eigenvalue weighted by molar-refractivity contribution is 0.111. The first-order chi connectivity index (χ1) is 7.67. The molecule has 2 aromatic heterocycles. The molecule has 16 heavy (non-hydrogen) atoms. The molecule has 5 heteroatoms. The zero-order chi connectivity index (χ0) is 11.7. The molecule has 0 fully saturated rings. The maximum atomic E-state index is 11.1. The van der Waals surface area contributed by atoms with Crippen molar-refractivity contribution in [3.8, 4) is 0 Å². The van der Waals surface area contributed by atoms with E-state index in [9.17, 15) is 4.79 Å². The lowest BCUT2D eigenvalue weighted by atomic mass is 10.2. The van der Waals surface area contributed by atoms with Crippen LogP contribution in [-0.2, 0) is 6.42 Å². The molecule has 84 valence electrons. The number of imidazole rings is 1. The second-order valence-electron chi connectivity index (χ2n) is 3.51. The van der Waals surface area contributed by atoms with Gasteiger partial charge in [0.1, 0.15) is 5.69 Å². The molecule has 2 aromatic rings. The summed E-state index contributed by atoms with van der Waals surface area (Å²) in [5.74, 6) is 0. The highest BCUT2D eigenvalue weighted by Gasteiger charge is 2.13. The summed E-state index contributed by atoms with van der Waals surface area (Å²) in [5.41, 5.74) is 1.87. The van der Waals surface area contributed by atoms with Gasteiger partial charge in [-0.1, -0.05) is 36.5 Å². The molecule has 0 aliphatic carbocycles. The number of carbonyl (C=O) groups is 1. The van der Waals surface area contributed by atoms with Gasteiger partial charge in [0.2, 0.25) is 0 Å². The fraction of sp³-hybridized carbons (Fsp3) is 0.273. The average Bonchev–Trinajstić information content (AvgIpc) is 2.56. The lowest BCUT2D eigenvalue weighted by Gasteiger charge is -1.98. The van der Waals surface area contributed by atoms with Crippen LogP contribution in [0.2, 0.25) is 10.0 Å². The molecule has 0 aliphatic heterocycles. The highest BCUT2D eigenvalue weighted by molar-refractivity contribution is 6.36. The Morgan fingerprint density at radius 1 is 1.50 bits per heavy atom. The Bertz CT molecular complexity index is 548. The molecule has 2 rings (SSSR count). The number of carbonyl (C=O) groups excluding carboxylic acids is 1. The van der Waals surface area contributed by atoms with Crippen molar-refractivity contribution in [1.82, 2.24) is 9.38 Å². The Kier molecular flexibility index (Phi) is 3.17. The van der Waals surface area contributed by atoms with E-state index in [-0.39, 0.29) is 0 Å². The normalized spacial score (nSPS) is 10.9. The molecule has 0 atom stereocenters. The van der Waals surface area contributed by atoms with Gasteiger partial charge in [-0.15, -0.1) is 0 Å². The third kappa shape index (κ3) is 1.81. The summed E-state index contributed by atoms with van der Waals surface area (Å²) in [6, 6.07) is 1.62. The van der Waals surface area contributed by atoms with E-state index < -0.39 is 0 Å². The number of hydrogen-bond acceptors (Lipinski definition) is 2. The standard InChI is InChI=1S/C11H10Cl2N2O/c1-2-3-9-10(6-16)15-5-7(12)4-8(13)11(15)14-9/h4-6H,2-3H2,1H3. The van der Waals surface area contributed by atoms with Gasteiger partial charge in [0.15, 0.2) is 11.9 Å². The zero-order valence-corrected chi connectivity index (χ0v) is 10.2. The fourth-order valence-electron chi connectivity index (χ4n) is 1.68. The molecule has 0 N–H and O–H groups in total. The second-order valence-corrected chi connectivity index (χ2v) is 4.36. The predicted octanol–water partition coefficient (Wildman–Crippen LogP) is 3.41. The SMILES string of the molecule is CCCc1nc2c(Cl)cc(Cl)cn2c1C=O. The van der Waals surface area contributed by atoms with Crippen LogP contribution < -0.4 is 0 Å². The van der Waals surface area contributed by atoms with Gasteiger partial charge in [0, 0.05) is 6.20 Å². The number of fused-ring (bicyclic) bond motifs is 1. The van der Waals surface area contributed by atoms with E-state index in [1.807, 2.05) is 6.92 Å². The van der Waals surface area contributed by atoms with Gasteiger partial charge in [-0.05, 0) is 12.5 Å². The number of pyridine rings is 1. The zero-order valence-electron chi connectivity index (χ0n) is 8.70. The lowest BCUT2D eigenvalue weighted by Crippen LogP contribution is -1.94. The van der Waals surface area contributed by atoms with Crippen LogP contribution >= 0.6 is 23.2 Å². The summed E-state index contributed by atoms with van der Waals surface area (Å²) in [7, 11) is 0. The summed E-state index contributed by atoms with van der Waals surface area (Å²) >= 11 is 11.9. The quantitative estimate of drug-likeness (QED) is 0.789. The van der Waals surface area contributed by atoms with Crippen molar-refractivity contribution < 1.29 is 4.79 Å². The van der Waals surface area contributed by atoms with Crippen molar-refractivity contribution in [2.45, 2.75) is 19.8 Å². The van der Waals surface area contributed by atoms with Crippen LogP contribution in [-0.4, -0.2) is 15.7 Å².